The first kappa shape index (κ1) is 14.2. The van der Waals surface area contributed by atoms with E-state index in [1.807, 2.05) is 0 Å². The third kappa shape index (κ3) is 3.64. The third-order valence-corrected chi connectivity index (χ3v) is 3.48. The summed E-state index contributed by atoms with van der Waals surface area (Å²) < 4.78 is 20.6. The molecule has 0 aliphatic heterocycles. The molecule has 0 unspecified atom stereocenters. The van der Waals surface area contributed by atoms with Gasteiger partial charge in [-0.15, -0.1) is 0 Å². The minimum absolute atomic E-state index is 0.0710. The summed E-state index contributed by atoms with van der Waals surface area (Å²) in [5.74, 6) is 0.0830. The summed E-state index contributed by atoms with van der Waals surface area (Å²) in [6.07, 6.45) is 0.706. The molecule has 2 nitrogen and oxygen atoms in total. The van der Waals surface area contributed by atoms with Crippen molar-refractivity contribution in [3.05, 3.63) is 62.3 Å². The molecule has 0 aromatic heterocycles. The summed E-state index contributed by atoms with van der Waals surface area (Å²) >= 11 is 6.46. The molecule has 0 bridgehead atoms. The third-order valence-electron chi connectivity index (χ3n) is 2.50. The number of carbonyl (C=O) groups is 1. The number of halogens is 3. The van der Waals surface area contributed by atoms with Gasteiger partial charge in [-0.3, -0.25) is 4.79 Å². The van der Waals surface area contributed by atoms with Gasteiger partial charge in [0.05, 0.1) is 5.56 Å². The molecule has 0 N–H and O–H groups in total. The van der Waals surface area contributed by atoms with Gasteiger partial charge < -0.3 is 4.74 Å². The van der Waals surface area contributed by atoms with E-state index in [4.69, 9.17) is 4.74 Å². The van der Waals surface area contributed by atoms with Crippen LogP contribution in [0.5, 0.6) is 5.75 Å². The van der Waals surface area contributed by atoms with Gasteiger partial charge in [0.1, 0.15) is 18.2 Å². The van der Waals surface area contributed by atoms with Gasteiger partial charge in [0.25, 0.3) is 0 Å². The van der Waals surface area contributed by atoms with Crippen molar-refractivity contribution in [2.75, 3.05) is 0 Å². The van der Waals surface area contributed by atoms with E-state index in [0.29, 0.717) is 27.6 Å². The molecule has 19 heavy (non-hydrogen) atoms. The predicted molar refractivity (Wildman–Crippen MR) is 78.0 cm³/mol. The zero-order valence-electron chi connectivity index (χ0n) is 9.70. The molecule has 0 heterocycles. The Balaban J connectivity index is 2.16. The summed E-state index contributed by atoms with van der Waals surface area (Å²) in [4.78, 5) is 10.9. The van der Waals surface area contributed by atoms with Crippen LogP contribution in [-0.4, -0.2) is 6.29 Å². The molecule has 5 heteroatoms. The highest BCUT2D eigenvalue weighted by atomic mass is 79.9. The van der Waals surface area contributed by atoms with Crippen molar-refractivity contribution >= 4 is 38.1 Å². The molecule has 0 atom stereocenters. The zero-order chi connectivity index (χ0) is 13.8. The number of benzene rings is 2. The molecule has 0 saturated carbocycles. The average molecular weight is 388 g/mol. The van der Waals surface area contributed by atoms with Gasteiger partial charge in [0.2, 0.25) is 0 Å². The normalized spacial score (nSPS) is 10.3. The van der Waals surface area contributed by atoms with Crippen LogP contribution in [0.2, 0.25) is 0 Å². The van der Waals surface area contributed by atoms with Gasteiger partial charge in [-0.1, -0.05) is 37.9 Å². The monoisotopic (exact) mass is 386 g/mol. The van der Waals surface area contributed by atoms with Crippen LogP contribution in [0.3, 0.4) is 0 Å². The van der Waals surface area contributed by atoms with Crippen molar-refractivity contribution in [1.29, 1.82) is 0 Å². The minimum atomic E-state index is -0.348. The second-order valence-electron chi connectivity index (χ2n) is 3.82. The van der Waals surface area contributed by atoms with Crippen LogP contribution >= 0.6 is 31.9 Å². The molecule has 0 aliphatic rings. The first-order valence-electron chi connectivity index (χ1n) is 5.41. The fraction of sp³-hybridized carbons (Fsp3) is 0.0714. The SMILES string of the molecule is O=Cc1cc(Br)ccc1OCc1ccc(Br)cc1F. The Labute approximate surface area is 126 Å². The molecule has 0 aliphatic carbocycles. The van der Waals surface area contributed by atoms with Crippen molar-refractivity contribution < 1.29 is 13.9 Å². The van der Waals surface area contributed by atoms with Crippen molar-refractivity contribution in [2.24, 2.45) is 0 Å². The fourth-order valence-electron chi connectivity index (χ4n) is 1.54. The lowest BCUT2D eigenvalue weighted by Gasteiger charge is -2.09. The van der Waals surface area contributed by atoms with E-state index in [1.165, 1.54) is 6.07 Å². The number of hydrogen-bond donors (Lipinski definition) is 0. The van der Waals surface area contributed by atoms with Crippen LogP contribution in [0.1, 0.15) is 15.9 Å². The molecule has 0 radical (unpaired) electrons. The fourth-order valence-corrected chi connectivity index (χ4v) is 2.25. The van der Waals surface area contributed by atoms with E-state index in [1.54, 1.807) is 30.3 Å². The minimum Gasteiger partial charge on any atom is -0.488 e. The van der Waals surface area contributed by atoms with Crippen LogP contribution in [0.15, 0.2) is 45.3 Å². The van der Waals surface area contributed by atoms with E-state index >= 15 is 0 Å². The zero-order valence-corrected chi connectivity index (χ0v) is 12.9. The van der Waals surface area contributed by atoms with Crippen LogP contribution in [0, 0.1) is 5.82 Å². The highest BCUT2D eigenvalue weighted by Crippen LogP contribution is 2.23. The highest BCUT2D eigenvalue weighted by Gasteiger charge is 2.07. The molecule has 0 fully saturated rings. The van der Waals surface area contributed by atoms with E-state index in [-0.39, 0.29) is 12.4 Å². The molecule has 2 aromatic rings. The van der Waals surface area contributed by atoms with Crippen molar-refractivity contribution in [2.45, 2.75) is 6.61 Å². The molecule has 98 valence electrons. The lowest BCUT2D eigenvalue weighted by molar-refractivity contribution is 0.111. The molecule has 0 spiro atoms. The molecular weight excluding hydrogens is 379 g/mol. The molecular formula is C14H9Br2FO2. The second kappa shape index (κ2) is 6.30. The van der Waals surface area contributed by atoms with Gasteiger partial charge in [0, 0.05) is 14.5 Å². The number of rotatable bonds is 4. The molecule has 2 aromatic carbocycles. The summed E-state index contributed by atoms with van der Waals surface area (Å²) in [6.45, 7) is 0.0710. The Morgan fingerprint density at radius 1 is 1.11 bits per heavy atom. The first-order chi connectivity index (χ1) is 9.10. The number of aldehydes is 1. The smallest absolute Gasteiger partial charge is 0.153 e. The van der Waals surface area contributed by atoms with Crippen molar-refractivity contribution in [1.82, 2.24) is 0 Å². The summed E-state index contributed by atoms with van der Waals surface area (Å²) in [6, 6.07) is 9.84. The predicted octanol–water partition coefficient (Wildman–Crippen LogP) is 4.74. The Kier molecular flexibility index (Phi) is 4.71. The highest BCUT2D eigenvalue weighted by molar-refractivity contribution is 9.10. The van der Waals surface area contributed by atoms with Gasteiger partial charge in [-0.2, -0.15) is 0 Å². The number of carbonyl (C=O) groups excluding carboxylic acids is 1. The van der Waals surface area contributed by atoms with Crippen LogP contribution in [0.25, 0.3) is 0 Å². The van der Waals surface area contributed by atoms with Gasteiger partial charge in [-0.25, -0.2) is 4.39 Å². The molecule has 0 saturated heterocycles. The van der Waals surface area contributed by atoms with E-state index in [9.17, 15) is 9.18 Å². The maximum absolute atomic E-state index is 13.6. The molecule has 0 amide bonds. The van der Waals surface area contributed by atoms with E-state index in [2.05, 4.69) is 31.9 Å². The standard InChI is InChI=1S/C14H9Br2FO2/c15-11-3-4-14(10(5-11)7-18)19-8-9-1-2-12(16)6-13(9)17/h1-7H,8H2. The quantitative estimate of drug-likeness (QED) is 0.708. The summed E-state index contributed by atoms with van der Waals surface area (Å²) in [5, 5.41) is 0. The van der Waals surface area contributed by atoms with Gasteiger partial charge in [0.15, 0.2) is 6.29 Å². The van der Waals surface area contributed by atoms with Crippen LogP contribution in [-0.2, 0) is 6.61 Å². The Morgan fingerprint density at radius 2 is 1.79 bits per heavy atom. The van der Waals surface area contributed by atoms with Crippen molar-refractivity contribution in [3.63, 3.8) is 0 Å². The maximum atomic E-state index is 13.6. The summed E-state index contributed by atoms with van der Waals surface area (Å²) in [5.41, 5.74) is 0.856. The lowest BCUT2D eigenvalue weighted by Crippen LogP contribution is -2.00. The largest absolute Gasteiger partial charge is 0.488 e. The van der Waals surface area contributed by atoms with E-state index < -0.39 is 0 Å². The maximum Gasteiger partial charge on any atom is 0.153 e. The summed E-state index contributed by atoms with van der Waals surface area (Å²) in [7, 11) is 0. The Hall–Kier alpha value is -1.20. The Bertz CT molecular complexity index is 614. The number of hydrogen-bond acceptors (Lipinski definition) is 2. The Morgan fingerprint density at radius 3 is 2.47 bits per heavy atom. The average Bonchev–Trinajstić information content (AvgIpc) is 2.39. The van der Waals surface area contributed by atoms with Gasteiger partial charge >= 0.3 is 0 Å². The van der Waals surface area contributed by atoms with Crippen molar-refractivity contribution in [3.8, 4) is 5.75 Å². The lowest BCUT2D eigenvalue weighted by atomic mass is 10.2. The first-order valence-corrected chi connectivity index (χ1v) is 7.00. The van der Waals surface area contributed by atoms with Gasteiger partial charge in [-0.05, 0) is 30.3 Å². The molecule has 2 rings (SSSR count). The van der Waals surface area contributed by atoms with Crippen LogP contribution < -0.4 is 4.74 Å². The van der Waals surface area contributed by atoms with Crippen LogP contribution in [0.4, 0.5) is 4.39 Å². The topological polar surface area (TPSA) is 26.3 Å². The number of ether oxygens (including phenoxy) is 1. The second-order valence-corrected chi connectivity index (χ2v) is 5.66. The van der Waals surface area contributed by atoms with E-state index in [0.717, 1.165) is 4.47 Å².